The van der Waals surface area contributed by atoms with Crippen LogP contribution in [0, 0.1) is 17.6 Å². The molecule has 1 N–H and O–H groups in total. The van der Waals surface area contributed by atoms with E-state index < -0.39 is 23.5 Å². The summed E-state index contributed by atoms with van der Waals surface area (Å²) in [7, 11) is 0. The molecule has 124 valence electrons. The first-order valence-corrected chi connectivity index (χ1v) is 7.63. The van der Waals surface area contributed by atoms with E-state index in [9.17, 15) is 18.4 Å². The second kappa shape index (κ2) is 6.57. The van der Waals surface area contributed by atoms with Crippen LogP contribution in [0.5, 0.6) is 0 Å². The summed E-state index contributed by atoms with van der Waals surface area (Å²) in [6.45, 7) is 0.190. The maximum atomic E-state index is 13.6. The van der Waals surface area contributed by atoms with Crippen molar-refractivity contribution in [2.45, 2.75) is 6.42 Å². The molecule has 0 saturated carbocycles. The Labute approximate surface area is 142 Å². The SMILES string of the molecule is O=C(Nc1ccc(F)cc1F)[C@@H]1CC(=O)N(c2ccc(Cl)cc2)C1. The summed E-state index contributed by atoms with van der Waals surface area (Å²) in [5.41, 5.74) is 0.534. The zero-order valence-electron chi connectivity index (χ0n) is 12.4. The number of nitrogens with zero attached hydrogens (tertiary/aromatic N) is 1. The van der Waals surface area contributed by atoms with Crippen molar-refractivity contribution in [2.24, 2.45) is 5.92 Å². The highest BCUT2D eigenvalue weighted by Gasteiger charge is 2.35. The molecule has 0 radical (unpaired) electrons. The Kier molecular flexibility index (Phi) is 4.49. The van der Waals surface area contributed by atoms with Crippen LogP contribution in [0.25, 0.3) is 0 Å². The summed E-state index contributed by atoms with van der Waals surface area (Å²) < 4.78 is 26.5. The van der Waals surface area contributed by atoms with Gasteiger partial charge in [-0.2, -0.15) is 0 Å². The average molecular weight is 351 g/mol. The Morgan fingerprint density at radius 1 is 1.17 bits per heavy atom. The second-order valence-corrected chi connectivity index (χ2v) is 5.93. The number of hydrogen-bond acceptors (Lipinski definition) is 2. The van der Waals surface area contributed by atoms with Crippen LogP contribution >= 0.6 is 11.6 Å². The zero-order chi connectivity index (χ0) is 17.3. The number of benzene rings is 2. The highest BCUT2D eigenvalue weighted by molar-refractivity contribution is 6.30. The predicted octanol–water partition coefficient (Wildman–Crippen LogP) is 3.61. The largest absolute Gasteiger partial charge is 0.323 e. The molecule has 0 spiro atoms. The molecule has 1 atom stereocenters. The molecule has 1 saturated heterocycles. The van der Waals surface area contributed by atoms with Gasteiger partial charge in [0.15, 0.2) is 0 Å². The van der Waals surface area contributed by atoms with Crippen molar-refractivity contribution in [1.82, 2.24) is 0 Å². The molecule has 0 bridgehead atoms. The lowest BCUT2D eigenvalue weighted by atomic mass is 10.1. The van der Waals surface area contributed by atoms with Crippen molar-refractivity contribution in [2.75, 3.05) is 16.8 Å². The topological polar surface area (TPSA) is 49.4 Å². The zero-order valence-corrected chi connectivity index (χ0v) is 13.2. The molecule has 1 aliphatic rings. The van der Waals surface area contributed by atoms with Gasteiger partial charge in [-0.3, -0.25) is 9.59 Å². The molecule has 2 amide bonds. The van der Waals surface area contributed by atoms with Gasteiger partial charge in [0, 0.05) is 29.7 Å². The fourth-order valence-electron chi connectivity index (χ4n) is 2.58. The second-order valence-electron chi connectivity index (χ2n) is 5.50. The van der Waals surface area contributed by atoms with Gasteiger partial charge in [-0.25, -0.2) is 8.78 Å². The van der Waals surface area contributed by atoms with Gasteiger partial charge < -0.3 is 10.2 Å². The van der Waals surface area contributed by atoms with Crippen LogP contribution in [-0.4, -0.2) is 18.4 Å². The number of hydrogen-bond donors (Lipinski definition) is 1. The number of halogens is 3. The molecule has 3 rings (SSSR count). The summed E-state index contributed by atoms with van der Waals surface area (Å²) in [5.74, 6) is -2.88. The lowest BCUT2D eigenvalue weighted by molar-refractivity contribution is -0.122. The fourth-order valence-corrected chi connectivity index (χ4v) is 2.71. The number of rotatable bonds is 3. The number of nitrogens with one attached hydrogen (secondary N) is 1. The molecule has 0 unspecified atom stereocenters. The normalized spacial score (nSPS) is 17.2. The number of carbonyl (C=O) groups excluding carboxylic acids is 2. The van der Waals surface area contributed by atoms with E-state index in [1.807, 2.05) is 0 Å². The van der Waals surface area contributed by atoms with Crippen LogP contribution < -0.4 is 10.2 Å². The highest BCUT2D eigenvalue weighted by atomic mass is 35.5. The Morgan fingerprint density at radius 3 is 2.54 bits per heavy atom. The van der Waals surface area contributed by atoms with E-state index in [1.54, 1.807) is 24.3 Å². The van der Waals surface area contributed by atoms with Crippen molar-refractivity contribution in [3.8, 4) is 0 Å². The molecule has 24 heavy (non-hydrogen) atoms. The quantitative estimate of drug-likeness (QED) is 0.919. The van der Waals surface area contributed by atoms with Crippen molar-refractivity contribution in [1.29, 1.82) is 0 Å². The first-order valence-electron chi connectivity index (χ1n) is 7.26. The molecule has 7 heteroatoms. The molecule has 0 aromatic heterocycles. The Morgan fingerprint density at radius 2 is 1.88 bits per heavy atom. The molecular weight excluding hydrogens is 338 g/mol. The van der Waals surface area contributed by atoms with Crippen molar-refractivity contribution in [3.05, 3.63) is 59.1 Å². The van der Waals surface area contributed by atoms with E-state index in [1.165, 1.54) is 4.90 Å². The van der Waals surface area contributed by atoms with Gasteiger partial charge in [0.2, 0.25) is 11.8 Å². The van der Waals surface area contributed by atoms with Crippen LogP contribution in [0.15, 0.2) is 42.5 Å². The van der Waals surface area contributed by atoms with Crippen molar-refractivity contribution < 1.29 is 18.4 Å². The molecule has 4 nitrogen and oxygen atoms in total. The lowest BCUT2D eigenvalue weighted by Gasteiger charge is -2.17. The Bertz CT molecular complexity index is 796. The Hall–Kier alpha value is -2.47. The number of anilines is 2. The van der Waals surface area contributed by atoms with E-state index in [0.717, 1.165) is 12.1 Å². The van der Waals surface area contributed by atoms with Gasteiger partial charge in [-0.1, -0.05) is 11.6 Å². The molecular formula is C17H13ClF2N2O2. The third kappa shape index (κ3) is 3.38. The highest BCUT2D eigenvalue weighted by Crippen LogP contribution is 2.27. The van der Waals surface area contributed by atoms with Crippen LogP contribution in [0.1, 0.15) is 6.42 Å². The third-order valence-electron chi connectivity index (χ3n) is 3.82. The van der Waals surface area contributed by atoms with E-state index in [2.05, 4.69) is 5.32 Å². The maximum Gasteiger partial charge on any atom is 0.229 e. The Balaban J connectivity index is 1.70. The molecule has 0 aliphatic carbocycles. The summed E-state index contributed by atoms with van der Waals surface area (Å²) in [6.07, 6.45) is 0.0251. The van der Waals surface area contributed by atoms with Gasteiger partial charge in [0.1, 0.15) is 11.6 Å². The fraction of sp³-hybridized carbons (Fsp3) is 0.176. The standard InChI is InChI=1S/C17H13ClF2N2O2/c18-11-1-4-13(5-2-11)22-9-10(7-16(22)23)17(24)21-15-6-3-12(19)8-14(15)20/h1-6,8,10H,7,9H2,(H,21,24)/t10-/m1/s1. The monoisotopic (exact) mass is 350 g/mol. The van der Waals surface area contributed by atoms with Crippen molar-refractivity contribution >= 4 is 34.8 Å². The minimum absolute atomic E-state index is 0.0251. The van der Waals surface area contributed by atoms with E-state index >= 15 is 0 Å². The van der Waals surface area contributed by atoms with Crippen molar-refractivity contribution in [3.63, 3.8) is 0 Å². The summed E-state index contributed by atoms with van der Waals surface area (Å²) >= 11 is 5.82. The number of amides is 2. The van der Waals surface area contributed by atoms with Crippen LogP contribution in [0.4, 0.5) is 20.2 Å². The summed E-state index contributed by atoms with van der Waals surface area (Å²) in [6, 6.07) is 9.60. The molecule has 1 heterocycles. The molecule has 1 fully saturated rings. The number of carbonyl (C=O) groups is 2. The minimum atomic E-state index is -0.859. The van der Waals surface area contributed by atoms with E-state index in [0.29, 0.717) is 16.8 Å². The van der Waals surface area contributed by atoms with Gasteiger partial charge in [0.05, 0.1) is 11.6 Å². The van der Waals surface area contributed by atoms with Crippen LogP contribution in [-0.2, 0) is 9.59 Å². The maximum absolute atomic E-state index is 13.6. The van der Waals surface area contributed by atoms with Gasteiger partial charge >= 0.3 is 0 Å². The first kappa shape index (κ1) is 16.4. The molecule has 2 aromatic rings. The van der Waals surface area contributed by atoms with Gasteiger partial charge in [-0.05, 0) is 36.4 Å². The minimum Gasteiger partial charge on any atom is -0.323 e. The van der Waals surface area contributed by atoms with E-state index in [-0.39, 0.29) is 24.6 Å². The molecule has 1 aliphatic heterocycles. The first-order chi connectivity index (χ1) is 11.4. The smallest absolute Gasteiger partial charge is 0.229 e. The average Bonchev–Trinajstić information content (AvgIpc) is 2.93. The van der Waals surface area contributed by atoms with Crippen LogP contribution in [0.2, 0.25) is 5.02 Å². The summed E-state index contributed by atoms with van der Waals surface area (Å²) in [5, 5.41) is 2.95. The van der Waals surface area contributed by atoms with Gasteiger partial charge in [-0.15, -0.1) is 0 Å². The lowest BCUT2D eigenvalue weighted by Crippen LogP contribution is -2.28. The third-order valence-corrected chi connectivity index (χ3v) is 4.08. The van der Waals surface area contributed by atoms with E-state index in [4.69, 9.17) is 11.6 Å². The predicted molar refractivity (Wildman–Crippen MR) is 86.9 cm³/mol. The molecule has 2 aromatic carbocycles. The van der Waals surface area contributed by atoms with Crippen LogP contribution in [0.3, 0.4) is 0 Å². The van der Waals surface area contributed by atoms with Gasteiger partial charge in [0.25, 0.3) is 0 Å². The summed E-state index contributed by atoms with van der Waals surface area (Å²) in [4.78, 5) is 25.9.